The molecule has 0 aromatic carbocycles. The molecule has 0 saturated carbocycles. The maximum atomic E-state index is 11.4. The molecule has 1 aromatic heterocycles. The Hall–Kier alpha value is -0.970. The lowest BCUT2D eigenvalue weighted by Crippen LogP contribution is -2.27. The molecule has 102 valence electrons. The third kappa shape index (κ3) is 5.58. The van der Waals surface area contributed by atoms with E-state index in [0.29, 0.717) is 5.75 Å². The summed E-state index contributed by atoms with van der Waals surface area (Å²) < 4.78 is 1.99. The van der Waals surface area contributed by atoms with Gasteiger partial charge in [0.25, 0.3) is 0 Å². The first kappa shape index (κ1) is 15.1. The van der Waals surface area contributed by atoms with Crippen molar-refractivity contribution in [1.82, 2.24) is 15.1 Å². The molecule has 1 rings (SSSR count). The van der Waals surface area contributed by atoms with Gasteiger partial charge in [-0.25, -0.2) is 0 Å². The molecule has 0 unspecified atom stereocenters. The summed E-state index contributed by atoms with van der Waals surface area (Å²) in [6.45, 7) is 7.77. The van der Waals surface area contributed by atoms with Crippen LogP contribution in [0.15, 0.2) is 6.07 Å². The van der Waals surface area contributed by atoms with Crippen LogP contribution in [0.3, 0.4) is 0 Å². The number of carbonyl (C=O) groups is 1. The van der Waals surface area contributed by atoms with Gasteiger partial charge in [-0.15, -0.1) is 0 Å². The van der Waals surface area contributed by atoms with Crippen molar-refractivity contribution in [3.05, 3.63) is 17.5 Å². The van der Waals surface area contributed by atoms with Gasteiger partial charge in [0.1, 0.15) is 0 Å². The highest BCUT2D eigenvalue weighted by Crippen LogP contribution is 2.03. The van der Waals surface area contributed by atoms with E-state index >= 15 is 0 Å². The zero-order chi connectivity index (χ0) is 13.4. The summed E-state index contributed by atoms with van der Waals surface area (Å²) >= 11 is 1.69. The monoisotopic (exact) mass is 269 g/mol. The third-order valence-corrected chi connectivity index (χ3v) is 3.72. The zero-order valence-corrected chi connectivity index (χ0v) is 12.3. The summed E-state index contributed by atoms with van der Waals surface area (Å²) in [4.78, 5) is 11.4. The van der Waals surface area contributed by atoms with Gasteiger partial charge in [-0.05, 0) is 38.5 Å². The number of hydrogen-bond acceptors (Lipinski definition) is 3. The average molecular weight is 269 g/mol. The molecule has 0 spiro atoms. The largest absolute Gasteiger partial charge is 0.355 e. The maximum Gasteiger partial charge on any atom is 0.229 e. The molecular formula is C13H23N3OS. The van der Waals surface area contributed by atoms with Gasteiger partial charge in [-0.1, -0.05) is 6.92 Å². The standard InChI is InChI=1S/C13H23N3OS/c1-4-8-18-10-13(17)14-6-5-7-16-12(3)9-11(2)15-16/h9H,4-8,10H2,1-3H3,(H,14,17). The van der Waals surface area contributed by atoms with Gasteiger partial charge in [0, 0.05) is 18.8 Å². The lowest BCUT2D eigenvalue weighted by molar-refractivity contribution is -0.118. The Morgan fingerprint density at radius 2 is 2.28 bits per heavy atom. The predicted molar refractivity (Wildman–Crippen MR) is 76.9 cm³/mol. The third-order valence-electron chi connectivity index (χ3n) is 2.55. The SMILES string of the molecule is CCCSCC(=O)NCCCn1nc(C)cc1C. The van der Waals surface area contributed by atoms with E-state index in [9.17, 15) is 4.79 Å². The molecule has 0 aliphatic carbocycles. The molecule has 1 N–H and O–H groups in total. The highest BCUT2D eigenvalue weighted by Gasteiger charge is 2.02. The summed E-state index contributed by atoms with van der Waals surface area (Å²) in [7, 11) is 0. The van der Waals surface area contributed by atoms with Crippen molar-refractivity contribution in [2.24, 2.45) is 0 Å². The fourth-order valence-corrected chi connectivity index (χ4v) is 2.44. The lowest BCUT2D eigenvalue weighted by Gasteiger charge is -2.06. The second-order valence-electron chi connectivity index (χ2n) is 4.41. The summed E-state index contributed by atoms with van der Waals surface area (Å²) in [5.41, 5.74) is 2.23. The van der Waals surface area contributed by atoms with E-state index < -0.39 is 0 Å². The summed E-state index contributed by atoms with van der Waals surface area (Å²) in [6.07, 6.45) is 2.04. The summed E-state index contributed by atoms with van der Waals surface area (Å²) in [5, 5.41) is 7.32. The van der Waals surface area contributed by atoms with Crippen LogP contribution in [0.25, 0.3) is 0 Å². The number of thioether (sulfide) groups is 1. The number of nitrogens with zero attached hydrogens (tertiary/aromatic N) is 2. The molecule has 1 heterocycles. The number of aromatic nitrogens is 2. The van der Waals surface area contributed by atoms with Crippen LogP contribution >= 0.6 is 11.8 Å². The average Bonchev–Trinajstić information content (AvgIpc) is 2.64. The summed E-state index contributed by atoms with van der Waals surface area (Å²) in [5.74, 6) is 1.77. The van der Waals surface area contributed by atoms with Gasteiger partial charge < -0.3 is 5.32 Å². The second-order valence-corrected chi connectivity index (χ2v) is 5.51. The van der Waals surface area contributed by atoms with Crippen LogP contribution < -0.4 is 5.32 Å². The molecule has 0 radical (unpaired) electrons. The van der Waals surface area contributed by atoms with Gasteiger partial charge in [0.15, 0.2) is 0 Å². The smallest absolute Gasteiger partial charge is 0.229 e. The Morgan fingerprint density at radius 3 is 2.89 bits per heavy atom. The lowest BCUT2D eigenvalue weighted by atomic mass is 10.4. The normalized spacial score (nSPS) is 10.6. The Labute approximate surface area is 114 Å². The number of hydrogen-bond donors (Lipinski definition) is 1. The van der Waals surface area contributed by atoms with Crippen LogP contribution in [0.5, 0.6) is 0 Å². The van der Waals surface area contributed by atoms with Crippen molar-refractivity contribution in [3.8, 4) is 0 Å². The first-order valence-electron chi connectivity index (χ1n) is 6.49. The van der Waals surface area contributed by atoms with Crippen LogP contribution in [0.1, 0.15) is 31.2 Å². The van der Waals surface area contributed by atoms with Crippen LogP contribution in [0.2, 0.25) is 0 Å². The number of rotatable bonds is 8. The number of aryl methyl sites for hydroxylation is 3. The molecule has 0 fully saturated rings. The fourth-order valence-electron chi connectivity index (χ4n) is 1.72. The number of nitrogens with one attached hydrogen (secondary N) is 1. The minimum atomic E-state index is 0.141. The molecule has 0 aliphatic heterocycles. The van der Waals surface area contributed by atoms with E-state index in [1.807, 2.05) is 11.6 Å². The predicted octanol–water partition coefficient (Wildman–Crippen LogP) is 2.15. The van der Waals surface area contributed by atoms with Crippen LogP contribution in [0, 0.1) is 13.8 Å². The minimum absolute atomic E-state index is 0.141. The molecule has 1 amide bonds. The Morgan fingerprint density at radius 1 is 1.50 bits per heavy atom. The fraction of sp³-hybridized carbons (Fsp3) is 0.692. The van der Waals surface area contributed by atoms with Gasteiger partial charge in [-0.3, -0.25) is 9.48 Å². The van der Waals surface area contributed by atoms with E-state index in [0.717, 1.165) is 37.4 Å². The van der Waals surface area contributed by atoms with Crippen molar-refractivity contribution < 1.29 is 4.79 Å². The number of amides is 1. The molecule has 18 heavy (non-hydrogen) atoms. The quantitative estimate of drug-likeness (QED) is 0.736. The van der Waals surface area contributed by atoms with Crippen molar-refractivity contribution >= 4 is 17.7 Å². The van der Waals surface area contributed by atoms with Crippen LogP contribution in [-0.4, -0.2) is 33.7 Å². The topological polar surface area (TPSA) is 46.9 Å². The molecule has 4 nitrogen and oxygen atoms in total. The highest BCUT2D eigenvalue weighted by molar-refractivity contribution is 7.99. The van der Waals surface area contributed by atoms with Crippen molar-refractivity contribution in [3.63, 3.8) is 0 Å². The molecule has 0 bridgehead atoms. The van der Waals surface area contributed by atoms with Crippen LogP contribution in [-0.2, 0) is 11.3 Å². The van der Waals surface area contributed by atoms with Gasteiger partial charge in [0.2, 0.25) is 5.91 Å². The van der Waals surface area contributed by atoms with Crippen LogP contribution in [0.4, 0.5) is 0 Å². The van der Waals surface area contributed by atoms with Gasteiger partial charge in [0.05, 0.1) is 11.4 Å². The molecule has 1 aromatic rings. The van der Waals surface area contributed by atoms with Gasteiger partial charge >= 0.3 is 0 Å². The Balaban J connectivity index is 2.11. The van der Waals surface area contributed by atoms with E-state index in [4.69, 9.17) is 0 Å². The Kier molecular flexibility index (Phi) is 6.86. The maximum absolute atomic E-state index is 11.4. The van der Waals surface area contributed by atoms with E-state index in [-0.39, 0.29) is 5.91 Å². The highest BCUT2D eigenvalue weighted by atomic mass is 32.2. The molecular weight excluding hydrogens is 246 g/mol. The van der Waals surface area contributed by atoms with E-state index in [2.05, 4.69) is 30.3 Å². The van der Waals surface area contributed by atoms with Gasteiger partial charge in [-0.2, -0.15) is 16.9 Å². The zero-order valence-electron chi connectivity index (χ0n) is 11.5. The Bertz CT molecular complexity index is 376. The minimum Gasteiger partial charge on any atom is -0.355 e. The first-order valence-corrected chi connectivity index (χ1v) is 7.64. The molecule has 5 heteroatoms. The molecule has 0 saturated heterocycles. The number of carbonyl (C=O) groups excluding carboxylic acids is 1. The second kappa shape index (κ2) is 8.19. The first-order chi connectivity index (χ1) is 8.63. The van der Waals surface area contributed by atoms with Crippen molar-refractivity contribution in [1.29, 1.82) is 0 Å². The van der Waals surface area contributed by atoms with E-state index in [1.165, 1.54) is 5.69 Å². The van der Waals surface area contributed by atoms with Crippen molar-refractivity contribution in [2.45, 2.75) is 40.2 Å². The van der Waals surface area contributed by atoms with E-state index in [1.54, 1.807) is 11.8 Å². The molecule has 0 aliphatic rings. The molecule has 0 atom stereocenters. The van der Waals surface area contributed by atoms with Crippen molar-refractivity contribution in [2.75, 3.05) is 18.1 Å². The summed E-state index contributed by atoms with van der Waals surface area (Å²) in [6, 6.07) is 2.07.